The molecule has 5 atom stereocenters. The number of aliphatic hydroxyl groups excluding tert-OH is 2. The SMILES string of the molecule is COC(=O)CCCCCC[C@H]1C(CCCC(O)C2(c3cccs3)CCC2)[C@H](O)C[C@H]1C#N. The van der Waals surface area contributed by atoms with E-state index in [1.165, 1.54) is 18.4 Å². The van der Waals surface area contributed by atoms with Crippen LogP contribution < -0.4 is 0 Å². The number of unbranched alkanes of at least 4 members (excludes halogenated alkanes) is 3. The van der Waals surface area contributed by atoms with Crippen LogP contribution in [-0.2, 0) is 14.9 Å². The lowest BCUT2D eigenvalue weighted by molar-refractivity contribution is -0.140. The van der Waals surface area contributed by atoms with Crippen LogP contribution in [0, 0.1) is 29.1 Å². The van der Waals surface area contributed by atoms with E-state index in [1.54, 1.807) is 11.3 Å². The van der Waals surface area contributed by atoms with Gasteiger partial charge in [0.15, 0.2) is 0 Å². The Kier molecular flexibility index (Phi) is 9.58. The van der Waals surface area contributed by atoms with Gasteiger partial charge in [-0.25, -0.2) is 0 Å². The van der Waals surface area contributed by atoms with Crippen LogP contribution in [0.25, 0.3) is 0 Å². The highest BCUT2D eigenvalue weighted by molar-refractivity contribution is 7.10. The van der Waals surface area contributed by atoms with Crippen LogP contribution >= 0.6 is 11.3 Å². The zero-order valence-electron chi connectivity index (χ0n) is 19.4. The van der Waals surface area contributed by atoms with E-state index in [0.29, 0.717) is 12.8 Å². The zero-order chi connectivity index (χ0) is 23.0. The summed E-state index contributed by atoms with van der Waals surface area (Å²) in [5.41, 5.74) is -0.0543. The molecule has 2 aliphatic rings. The summed E-state index contributed by atoms with van der Waals surface area (Å²) < 4.78 is 4.68. The molecule has 0 amide bonds. The molecule has 2 saturated carbocycles. The standard InChI is InChI=1S/C26H39NO4S/c1-31-25(30)13-5-3-2-4-9-20-19(18-27)17-22(28)21(20)10-6-11-23(29)26(14-8-15-26)24-12-7-16-32-24/h7,12,16,19-23,28-29H,2-6,8-11,13-15,17H2,1H3/t19-,20+,21?,22+,23?/m0/s1. The van der Waals surface area contributed by atoms with Crippen LogP contribution in [0.5, 0.6) is 0 Å². The maximum atomic E-state index is 11.2. The number of thiophene rings is 1. The van der Waals surface area contributed by atoms with E-state index in [2.05, 4.69) is 28.3 Å². The molecule has 178 valence electrons. The Morgan fingerprint density at radius 3 is 2.62 bits per heavy atom. The first-order valence-corrected chi connectivity index (χ1v) is 13.3. The van der Waals surface area contributed by atoms with Crippen molar-refractivity contribution >= 4 is 17.3 Å². The van der Waals surface area contributed by atoms with Crippen molar-refractivity contribution in [2.75, 3.05) is 7.11 Å². The number of hydrogen-bond acceptors (Lipinski definition) is 6. The van der Waals surface area contributed by atoms with Gasteiger partial charge in [-0.3, -0.25) is 4.79 Å². The van der Waals surface area contributed by atoms with Crippen molar-refractivity contribution in [3.63, 3.8) is 0 Å². The second kappa shape index (κ2) is 12.2. The summed E-state index contributed by atoms with van der Waals surface area (Å²) in [5, 5.41) is 33.4. The number of methoxy groups -OCH3 is 1. The summed E-state index contributed by atoms with van der Waals surface area (Å²) in [6.45, 7) is 0. The van der Waals surface area contributed by atoms with Crippen molar-refractivity contribution in [1.29, 1.82) is 5.26 Å². The average Bonchev–Trinajstić information content (AvgIpc) is 3.38. The number of nitriles is 1. The van der Waals surface area contributed by atoms with E-state index in [-0.39, 0.29) is 35.2 Å². The molecule has 2 aliphatic carbocycles. The van der Waals surface area contributed by atoms with Crippen LogP contribution in [0.1, 0.15) is 88.3 Å². The molecule has 0 spiro atoms. The molecule has 0 saturated heterocycles. The Labute approximate surface area is 196 Å². The molecular weight excluding hydrogens is 422 g/mol. The molecule has 6 heteroatoms. The molecule has 2 unspecified atom stereocenters. The third-order valence-electron chi connectivity index (χ3n) is 8.03. The Balaban J connectivity index is 1.45. The quantitative estimate of drug-likeness (QED) is 0.305. The highest BCUT2D eigenvalue weighted by Crippen LogP contribution is 2.50. The van der Waals surface area contributed by atoms with Gasteiger partial charge in [-0.15, -0.1) is 11.3 Å². The van der Waals surface area contributed by atoms with Gasteiger partial charge in [0, 0.05) is 16.7 Å². The molecule has 0 radical (unpaired) electrons. The fourth-order valence-electron chi connectivity index (χ4n) is 5.96. The number of nitrogens with zero attached hydrogens (tertiary/aromatic N) is 1. The van der Waals surface area contributed by atoms with Gasteiger partial charge in [0.25, 0.3) is 0 Å². The minimum atomic E-state index is -0.406. The van der Waals surface area contributed by atoms with E-state index in [0.717, 1.165) is 64.2 Å². The topological polar surface area (TPSA) is 90.6 Å². The average molecular weight is 462 g/mol. The Morgan fingerprint density at radius 1 is 1.25 bits per heavy atom. The fraction of sp³-hybridized carbons (Fsp3) is 0.769. The van der Waals surface area contributed by atoms with Gasteiger partial charge in [0.2, 0.25) is 0 Å². The van der Waals surface area contributed by atoms with E-state index in [4.69, 9.17) is 0 Å². The number of ether oxygens (including phenoxy) is 1. The number of carbonyl (C=O) groups excluding carboxylic acids is 1. The molecule has 1 aromatic heterocycles. The highest BCUT2D eigenvalue weighted by atomic mass is 32.1. The molecule has 2 fully saturated rings. The molecule has 1 aromatic rings. The van der Waals surface area contributed by atoms with Crippen molar-refractivity contribution in [2.45, 2.75) is 101 Å². The largest absolute Gasteiger partial charge is 0.469 e. The number of rotatable bonds is 13. The van der Waals surface area contributed by atoms with Gasteiger partial charge in [0.05, 0.1) is 31.3 Å². The fourth-order valence-corrected chi connectivity index (χ4v) is 6.99. The molecule has 0 bridgehead atoms. The third kappa shape index (κ3) is 5.92. The smallest absolute Gasteiger partial charge is 0.305 e. The van der Waals surface area contributed by atoms with Gasteiger partial charge < -0.3 is 14.9 Å². The van der Waals surface area contributed by atoms with Crippen LogP contribution in [-0.4, -0.2) is 35.5 Å². The summed E-state index contributed by atoms with van der Waals surface area (Å²) in [6, 6.07) is 6.67. The highest BCUT2D eigenvalue weighted by Gasteiger charge is 2.46. The van der Waals surface area contributed by atoms with Crippen LogP contribution in [0.4, 0.5) is 0 Å². The van der Waals surface area contributed by atoms with Gasteiger partial charge in [-0.2, -0.15) is 5.26 Å². The second-order valence-electron chi connectivity index (χ2n) is 9.83. The van der Waals surface area contributed by atoms with Gasteiger partial charge in [0.1, 0.15) is 0 Å². The molecule has 0 aromatic carbocycles. The summed E-state index contributed by atoms with van der Waals surface area (Å²) in [5.74, 6) is 0.168. The molecule has 32 heavy (non-hydrogen) atoms. The van der Waals surface area contributed by atoms with Crippen LogP contribution in [0.15, 0.2) is 17.5 Å². The van der Waals surface area contributed by atoms with Gasteiger partial charge >= 0.3 is 5.97 Å². The Hall–Kier alpha value is -1.42. The molecule has 1 heterocycles. The van der Waals surface area contributed by atoms with Crippen molar-refractivity contribution in [2.24, 2.45) is 17.8 Å². The molecule has 0 aliphatic heterocycles. The predicted octanol–water partition coefficient (Wildman–Crippen LogP) is 5.35. The molecule has 2 N–H and O–H groups in total. The van der Waals surface area contributed by atoms with Crippen molar-refractivity contribution in [3.05, 3.63) is 22.4 Å². The lowest BCUT2D eigenvalue weighted by atomic mass is 9.63. The van der Waals surface area contributed by atoms with E-state index in [9.17, 15) is 20.3 Å². The maximum absolute atomic E-state index is 11.2. The molecule has 3 rings (SSSR count). The monoisotopic (exact) mass is 461 g/mol. The number of esters is 1. The number of hydrogen-bond donors (Lipinski definition) is 2. The van der Waals surface area contributed by atoms with Crippen LogP contribution in [0.2, 0.25) is 0 Å². The maximum Gasteiger partial charge on any atom is 0.305 e. The summed E-state index contributed by atoms with van der Waals surface area (Å²) >= 11 is 1.75. The summed E-state index contributed by atoms with van der Waals surface area (Å²) in [6.07, 6.45) is 11.0. The lowest BCUT2D eigenvalue weighted by Crippen LogP contribution is -2.45. The minimum Gasteiger partial charge on any atom is -0.469 e. The van der Waals surface area contributed by atoms with Gasteiger partial charge in [-0.1, -0.05) is 38.2 Å². The van der Waals surface area contributed by atoms with Crippen molar-refractivity contribution in [3.8, 4) is 6.07 Å². The lowest BCUT2D eigenvalue weighted by Gasteiger charge is -2.45. The zero-order valence-corrected chi connectivity index (χ0v) is 20.2. The second-order valence-corrected chi connectivity index (χ2v) is 10.8. The van der Waals surface area contributed by atoms with Crippen molar-refractivity contribution < 1.29 is 19.7 Å². The van der Waals surface area contributed by atoms with Crippen LogP contribution in [0.3, 0.4) is 0 Å². The normalized spacial score (nSPS) is 27.4. The summed E-state index contributed by atoms with van der Waals surface area (Å²) in [4.78, 5) is 12.5. The Bertz CT molecular complexity index is 740. The third-order valence-corrected chi connectivity index (χ3v) is 9.12. The van der Waals surface area contributed by atoms with Gasteiger partial charge in [-0.05, 0) is 68.2 Å². The van der Waals surface area contributed by atoms with E-state index in [1.807, 2.05) is 0 Å². The first kappa shape index (κ1) is 25.2. The Morgan fingerprint density at radius 2 is 2.00 bits per heavy atom. The first-order valence-electron chi connectivity index (χ1n) is 12.4. The number of carbonyl (C=O) groups is 1. The minimum absolute atomic E-state index is 0.0543. The molecule has 5 nitrogen and oxygen atoms in total. The van der Waals surface area contributed by atoms with E-state index >= 15 is 0 Å². The number of aliphatic hydroxyl groups is 2. The van der Waals surface area contributed by atoms with E-state index < -0.39 is 6.10 Å². The predicted molar refractivity (Wildman–Crippen MR) is 126 cm³/mol. The summed E-state index contributed by atoms with van der Waals surface area (Å²) in [7, 11) is 1.42. The first-order chi connectivity index (χ1) is 15.5. The van der Waals surface area contributed by atoms with Crippen molar-refractivity contribution in [1.82, 2.24) is 0 Å². The molecular formula is C26H39NO4S.